The highest BCUT2D eigenvalue weighted by Crippen LogP contribution is 2.42. The molecule has 27 heavy (non-hydrogen) atoms. The molecule has 0 atom stereocenters. The molecule has 7 heteroatoms. The normalized spacial score (nSPS) is 17.7. The van der Waals surface area contributed by atoms with Gasteiger partial charge in [-0.1, -0.05) is 17.8 Å². The second-order valence-electron chi connectivity index (χ2n) is 6.64. The van der Waals surface area contributed by atoms with E-state index in [1.54, 1.807) is 30.2 Å². The first-order chi connectivity index (χ1) is 13.2. The molecule has 0 bridgehead atoms. The Morgan fingerprint density at radius 2 is 2.26 bits per heavy atom. The molecule has 0 spiro atoms. The van der Waals surface area contributed by atoms with E-state index in [1.807, 2.05) is 6.92 Å². The van der Waals surface area contributed by atoms with Crippen molar-refractivity contribution in [1.29, 1.82) is 0 Å². The second kappa shape index (κ2) is 8.10. The summed E-state index contributed by atoms with van der Waals surface area (Å²) in [6.07, 6.45) is 7.10. The van der Waals surface area contributed by atoms with Crippen molar-refractivity contribution in [1.82, 2.24) is 14.9 Å². The van der Waals surface area contributed by atoms with Crippen LogP contribution in [0.1, 0.15) is 25.3 Å². The summed E-state index contributed by atoms with van der Waals surface area (Å²) >= 11 is 1.64. The topological polar surface area (TPSA) is 67.3 Å². The average Bonchev–Trinajstić information content (AvgIpc) is 2.67. The maximum absolute atomic E-state index is 11.7. The van der Waals surface area contributed by atoms with E-state index in [9.17, 15) is 4.79 Å². The first-order valence-electron chi connectivity index (χ1n) is 9.18. The van der Waals surface area contributed by atoms with E-state index >= 15 is 0 Å². The van der Waals surface area contributed by atoms with Gasteiger partial charge in [-0.05, 0) is 49.6 Å². The maximum atomic E-state index is 11.7. The maximum Gasteiger partial charge on any atom is 0.330 e. The van der Waals surface area contributed by atoms with Gasteiger partial charge in [-0.15, -0.1) is 0 Å². The van der Waals surface area contributed by atoms with E-state index in [0.717, 1.165) is 59.5 Å². The van der Waals surface area contributed by atoms with Gasteiger partial charge in [0.05, 0.1) is 12.3 Å². The predicted octanol–water partition coefficient (Wildman–Crippen LogP) is 3.77. The van der Waals surface area contributed by atoms with Gasteiger partial charge in [0.1, 0.15) is 5.03 Å². The fourth-order valence-electron chi connectivity index (χ4n) is 3.42. The molecule has 1 aromatic heterocycles. The molecule has 1 N–H and O–H groups in total. The highest BCUT2D eigenvalue weighted by Gasteiger charge is 2.20. The zero-order valence-electron chi connectivity index (χ0n) is 15.3. The van der Waals surface area contributed by atoms with Gasteiger partial charge in [0.15, 0.2) is 5.82 Å². The van der Waals surface area contributed by atoms with Gasteiger partial charge in [0.2, 0.25) is 0 Å². The molecule has 1 saturated heterocycles. The number of hydrogen-bond donors (Lipinski definition) is 1. The van der Waals surface area contributed by atoms with Gasteiger partial charge in [0.25, 0.3) is 0 Å². The number of fused-ring (bicyclic) bond motifs is 2. The number of likely N-dealkylation sites (tertiary alicyclic amines) is 1. The lowest BCUT2D eigenvalue weighted by Gasteiger charge is -2.29. The number of ether oxygens (including phenoxy) is 1. The summed E-state index contributed by atoms with van der Waals surface area (Å²) in [5.41, 5.74) is 3.46. The first kappa shape index (κ1) is 18.0. The molecule has 0 unspecified atom stereocenters. The summed E-state index contributed by atoms with van der Waals surface area (Å²) < 4.78 is 5.03. The van der Waals surface area contributed by atoms with Crippen LogP contribution in [0.5, 0.6) is 0 Å². The smallest absolute Gasteiger partial charge is 0.330 e. The minimum atomic E-state index is -0.232. The second-order valence-corrected chi connectivity index (χ2v) is 7.67. The molecule has 0 aliphatic carbocycles. The molecule has 1 fully saturated rings. The van der Waals surface area contributed by atoms with Crippen LogP contribution in [0, 0.1) is 0 Å². The summed E-state index contributed by atoms with van der Waals surface area (Å²) in [7, 11) is 0. The van der Waals surface area contributed by atoms with Crippen molar-refractivity contribution in [2.75, 3.05) is 25.0 Å². The fourth-order valence-corrected chi connectivity index (χ4v) is 4.29. The van der Waals surface area contributed by atoms with Crippen LogP contribution in [0.15, 0.2) is 52.2 Å². The van der Waals surface area contributed by atoms with Crippen LogP contribution in [0.25, 0.3) is 0 Å². The van der Waals surface area contributed by atoms with Gasteiger partial charge in [-0.3, -0.25) is 4.90 Å². The number of piperidine rings is 1. The standard InChI is InChI=1S/C20H22N4O2S/c1-2-26-18(25)11-14-4-3-9-24(12-14)13-15-5-6-17-16(10-15)23-19-20(27-17)22-8-7-21-19/h5-8,10-11H,2-4,9,12-13H2,1H3,(H,21,23)/b14-11-. The fraction of sp³-hybridized carbons (Fsp3) is 0.350. The van der Waals surface area contributed by atoms with Gasteiger partial charge in [-0.25, -0.2) is 14.8 Å². The van der Waals surface area contributed by atoms with Crippen LogP contribution in [-0.2, 0) is 16.1 Å². The summed E-state index contributed by atoms with van der Waals surface area (Å²) in [6, 6.07) is 6.49. The van der Waals surface area contributed by atoms with Crippen LogP contribution < -0.4 is 5.32 Å². The monoisotopic (exact) mass is 382 g/mol. The minimum Gasteiger partial charge on any atom is -0.463 e. The van der Waals surface area contributed by atoms with Crippen LogP contribution in [0.4, 0.5) is 11.5 Å². The van der Waals surface area contributed by atoms with E-state index in [4.69, 9.17) is 4.74 Å². The Morgan fingerprint density at radius 3 is 3.15 bits per heavy atom. The van der Waals surface area contributed by atoms with Crippen molar-refractivity contribution in [3.05, 3.63) is 47.8 Å². The summed E-state index contributed by atoms with van der Waals surface area (Å²) in [5, 5.41) is 4.29. The SMILES string of the molecule is CCOC(=O)/C=C1/CCCN(Cc2ccc3c(c2)Nc2nccnc2S3)C1. The lowest BCUT2D eigenvalue weighted by Crippen LogP contribution is -2.31. The Balaban J connectivity index is 1.44. The highest BCUT2D eigenvalue weighted by molar-refractivity contribution is 7.99. The van der Waals surface area contributed by atoms with Gasteiger partial charge < -0.3 is 10.1 Å². The molecular weight excluding hydrogens is 360 g/mol. The predicted molar refractivity (Wildman–Crippen MR) is 105 cm³/mol. The minimum absolute atomic E-state index is 0.232. The number of hydrogen-bond acceptors (Lipinski definition) is 7. The van der Waals surface area contributed by atoms with Gasteiger partial charge >= 0.3 is 5.97 Å². The molecule has 0 radical (unpaired) electrons. The molecular formula is C20H22N4O2S. The number of nitrogens with zero attached hydrogens (tertiary/aromatic N) is 3. The van der Waals surface area contributed by atoms with Crippen molar-refractivity contribution in [3.8, 4) is 0 Å². The number of carbonyl (C=O) groups excluding carboxylic acids is 1. The van der Waals surface area contributed by atoms with Crippen LogP contribution in [-0.4, -0.2) is 40.5 Å². The van der Waals surface area contributed by atoms with Crippen molar-refractivity contribution >= 4 is 29.2 Å². The van der Waals surface area contributed by atoms with Crippen LogP contribution in [0.3, 0.4) is 0 Å². The van der Waals surface area contributed by atoms with E-state index < -0.39 is 0 Å². The molecule has 0 amide bonds. The first-order valence-corrected chi connectivity index (χ1v) is 10.0. The Bertz CT molecular complexity index is 884. The lowest BCUT2D eigenvalue weighted by molar-refractivity contribution is -0.137. The number of carbonyl (C=O) groups is 1. The summed E-state index contributed by atoms with van der Waals surface area (Å²) in [5.74, 6) is 0.578. The van der Waals surface area contributed by atoms with Crippen LogP contribution in [0.2, 0.25) is 0 Å². The number of aromatic nitrogens is 2. The third-order valence-corrected chi connectivity index (χ3v) is 5.65. The zero-order chi connectivity index (χ0) is 18.6. The molecule has 2 aromatic rings. The average molecular weight is 382 g/mol. The summed E-state index contributed by atoms with van der Waals surface area (Å²) in [4.78, 5) is 24.0. The van der Waals surface area contributed by atoms with Gasteiger partial charge in [0, 0.05) is 36.5 Å². The molecule has 6 nitrogen and oxygen atoms in total. The Labute approximate surface area is 163 Å². The quantitative estimate of drug-likeness (QED) is 0.544. The third kappa shape index (κ3) is 4.31. The molecule has 1 aromatic carbocycles. The largest absolute Gasteiger partial charge is 0.463 e. The summed E-state index contributed by atoms with van der Waals surface area (Å²) in [6.45, 7) is 4.95. The lowest BCUT2D eigenvalue weighted by atomic mass is 10.0. The van der Waals surface area contributed by atoms with Crippen molar-refractivity contribution in [2.24, 2.45) is 0 Å². The molecule has 140 valence electrons. The third-order valence-electron chi connectivity index (χ3n) is 4.58. The molecule has 0 saturated carbocycles. The van der Waals surface area contributed by atoms with E-state index in [2.05, 4.69) is 38.4 Å². The number of benzene rings is 1. The van der Waals surface area contributed by atoms with E-state index in [0.29, 0.717) is 6.61 Å². The van der Waals surface area contributed by atoms with Gasteiger partial charge in [-0.2, -0.15) is 0 Å². The number of nitrogens with one attached hydrogen (secondary N) is 1. The Hall–Kier alpha value is -2.38. The van der Waals surface area contributed by atoms with Crippen LogP contribution >= 0.6 is 11.8 Å². The molecule has 2 aliphatic heterocycles. The molecule has 4 rings (SSSR count). The highest BCUT2D eigenvalue weighted by atomic mass is 32.2. The Morgan fingerprint density at radius 1 is 1.37 bits per heavy atom. The number of esters is 1. The van der Waals surface area contributed by atoms with Crippen molar-refractivity contribution in [2.45, 2.75) is 36.2 Å². The number of anilines is 2. The van der Waals surface area contributed by atoms with E-state index in [-0.39, 0.29) is 5.97 Å². The zero-order valence-corrected chi connectivity index (χ0v) is 16.1. The van der Waals surface area contributed by atoms with Crippen molar-refractivity contribution < 1.29 is 9.53 Å². The van der Waals surface area contributed by atoms with E-state index in [1.165, 1.54) is 5.56 Å². The van der Waals surface area contributed by atoms with Crippen molar-refractivity contribution in [3.63, 3.8) is 0 Å². The Kier molecular flexibility index (Phi) is 5.40. The number of rotatable bonds is 4. The molecule has 2 aliphatic rings. The molecule has 3 heterocycles.